The first-order valence-corrected chi connectivity index (χ1v) is 13.0. The van der Waals surface area contributed by atoms with Crippen molar-refractivity contribution >= 4 is 11.8 Å². The van der Waals surface area contributed by atoms with Gasteiger partial charge in [-0.1, -0.05) is 40.5 Å². The number of aliphatic carboxylic acids is 1. The van der Waals surface area contributed by atoms with Gasteiger partial charge in [-0.15, -0.1) is 0 Å². The van der Waals surface area contributed by atoms with E-state index in [1.54, 1.807) is 0 Å². The number of aliphatic hydroxyl groups is 1. The van der Waals surface area contributed by atoms with Crippen LogP contribution in [-0.4, -0.2) is 28.1 Å². The average Bonchev–Trinajstić information content (AvgIpc) is 3.06. The molecular formula is C27H44O4. The zero-order valence-corrected chi connectivity index (χ0v) is 20.1. The first-order valence-electron chi connectivity index (χ1n) is 13.0. The van der Waals surface area contributed by atoms with Gasteiger partial charge in [0.25, 0.3) is 0 Å². The minimum Gasteiger partial charge on any atom is -0.481 e. The fourth-order valence-electron chi connectivity index (χ4n) is 8.96. The quantitative estimate of drug-likeness (QED) is 0.563. The largest absolute Gasteiger partial charge is 0.481 e. The predicted molar refractivity (Wildman–Crippen MR) is 121 cm³/mol. The Morgan fingerprint density at radius 2 is 1.71 bits per heavy atom. The summed E-state index contributed by atoms with van der Waals surface area (Å²) in [5.41, 5.74) is 0.488. The van der Waals surface area contributed by atoms with E-state index in [1.165, 1.54) is 25.7 Å². The molecule has 4 saturated carbocycles. The third-order valence-electron chi connectivity index (χ3n) is 10.9. The van der Waals surface area contributed by atoms with Gasteiger partial charge >= 0.3 is 5.97 Å². The fraction of sp³-hybridized carbons (Fsp3) is 0.926. The van der Waals surface area contributed by atoms with Crippen LogP contribution in [0.25, 0.3) is 0 Å². The smallest absolute Gasteiger partial charge is 0.306 e. The van der Waals surface area contributed by atoms with Crippen LogP contribution in [0.1, 0.15) is 98.3 Å². The minimum absolute atomic E-state index is 0.211. The van der Waals surface area contributed by atoms with Crippen LogP contribution in [-0.2, 0) is 9.59 Å². The van der Waals surface area contributed by atoms with E-state index >= 15 is 0 Å². The van der Waals surface area contributed by atoms with Crippen LogP contribution in [0, 0.1) is 52.3 Å². The molecule has 0 radical (unpaired) electrons. The summed E-state index contributed by atoms with van der Waals surface area (Å²) in [7, 11) is 0. The Hall–Kier alpha value is -0.900. The second kappa shape index (κ2) is 8.47. The van der Waals surface area contributed by atoms with E-state index in [9.17, 15) is 14.7 Å². The summed E-state index contributed by atoms with van der Waals surface area (Å²) >= 11 is 0. The highest BCUT2D eigenvalue weighted by molar-refractivity contribution is 5.83. The highest BCUT2D eigenvalue weighted by Gasteiger charge is 2.62. The first-order chi connectivity index (χ1) is 14.6. The summed E-state index contributed by atoms with van der Waals surface area (Å²) in [6.07, 6.45) is 11.0. The molecule has 0 aliphatic heterocycles. The Morgan fingerprint density at radius 1 is 1.03 bits per heavy atom. The Bertz CT molecular complexity index is 703. The zero-order chi connectivity index (χ0) is 22.6. The van der Waals surface area contributed by atoms with Gasteiger partial charge < -0.3 is 10.2 Å². The number of rotatable bonds is 6. The molecule has 4 aliphatic carbocycles. The van der Waals surface area contributed by atoms with Crippen molar-refractivity contribution in [2.24, 2.45) is 52.3 Å². The number of aliphatic hydroxyl groups excluding tert-OH is 1. The summed E-state index contributed by atoms with van der Waals surface area (Å²) in [5.74, 6) is 2.46. The number of carboxylic acid groups (broad SMARTS) is 1. The molecule has 4 rings (SSSR count). The third kappa shape index (κ3) is 3.89. The van der Waals surface area contributed by atoms with Crippen molar-refractivity contribution in [2.45, 2.75) is 104 Å². The van der Waals surface area contributed by atoms with E-state index < -0.39 is 5.97 Å². The number of hydrogen-bond donors (Lipinski definition) is 2. The van der Waals surface area contributed by atoms with Crippen LogP contribution in [0.2, 0.25) is 0 Å². The van der Waals surface area contributed by atoms with Gasteiger partial charge in [0.1, 0.15) is 5.78 Å². The number of Topliss-reactive ketones (excluding diaryl/α,β-unsaturated/α-hetero) is 1. The number of hydrogen-bond acceptors (Lipinski definition) is 3. The number of carbonyl (C=O) groups excluding carboxylic acids is 1. The van der Waals surface area contributed by atoms with E-state index in [2.05, 4.69) is 20.8 Å². The highest BCUT2D eigenvalue weighted by atomic mass is 16.4. The van der Waals surface area contributed by atoms with Crippen LogP contribution < -0.4 is 0 Å². The van der Waals surface area contributed by atoms with Crippen LogP contribution in [0.15, 0.2) is 0 Å². The molecule has 4 heteroatoms. The molecule has 0 aromatic carbocycles. The third-order valence-corrected chi connectivity index (χ3v) is 10.9. The van der Waals surface area contributed by atoms with Gasteiger partial charge in [-0.3, -0.25) is 9.59 Å². The molecule has 4 aliphatic rings. The van der Waals surface area contributed by atoms with Crippen molar-refractivity contribution < 1.29 is 19.8 Å². The standard InChI is InChI=1S/C27H44O4/c1-16(6-5-7-17(2)25(30)31)20-8-9-21-24-22(11-13-27(20,21)4)26(3)12-10-19(28)14-18(26)15-23(24)29/h16-22,24,28H,5-15H2,1-4H3,(H,30,31)/t16-,17?,18+,19-,20-,21+,22+,24+,26+,27-/m1/s1. The zero-order valence-electron chi connectivity index (χ0n) is 20.1. The van der Waals surface area contributed by atoms with E-state index in [1.807, 2.05) is 6.92 Å². The molecule has 4 nitrogen and oxygen atoms in total. The summed E-state index contributed by atoms with van der Waals surface area (Å²) in [4.78, 5) is 24.6. The summed E-state index contributed by atoms with van der Waals surface area (Å²) in [6.45, 7) is 9.11. The SMILES string of the molecule is CC(CCC[C@@H](C)[C@H]1CC[C@H]2[C@@H]3C(=O)C[C@@H]4C[C@H](O)CC[C@]4(C)[C@H]3CC[C@]12C)C(=O)O. The van der Waals surface area contributed by atoms with E-state index in [0.29, 0.717) is 41.8 Å². The Labute approximate surface area is 188 Å². The van der Waals surface area contributed by atoms with E-state index in [0.717, 1.165) is 38.5 Å². The van der Waals surface area contributed by atoms with E-state index in [-0.39, 0.29) is 28.8 Å². The fourth-order valence-corrected chi connectivity index (χ4v) is 8.96. The second-order valence-electron chi connectivity index (χ2n) is 12.4. The lowest BCUT2D eigenvalue weighted by Gasteiger charge is -2.60. The molecule has 0 spiro atoms. The molecule has 0 bridgehead atoms. The lowest BCUT2D eigenvalue weighted by Crippen LogP contribution is -2.57. The van der Waals surface area contributed by atoms with Gasteiger partial charge in [-0.2, -0.15) is 0 Å². The minimum atomic E-state index is -0.684. The van der Waals surface area contributed by atoms with Crippen molar-refractivity contribution in [2.75, 3.05) is 0 Å². The number of ketones is 1. The van der Waals surface area contributed by atoms with Gasteiger partial charge in [0.2, 0.25) is 0 Å². The molecule has 0 heterocycles. The molecule has 0 saturated heterocycles. The van der Waals surface area contributed by atoms with Gasteiger partial charge in [-0.05, 0) is 91.8 Å². The molecular weight excluding hydrogens is 388 g/mol. The van der Waals surface area contributed by atoms with Crippen LogP contribution in [0.3, 0.4) is 0 Å². The molecule has 0 aromatic heterocycles. The number of fused-ring (bicyclic) bond motifs is 5. The topological polar surface area (TPSA) is 74.6 Å². The van der Waals surface area contributed by atoms with Crippen molar-refractivity contribution in [1.82, 2.24) is 0 Å². The molecule has 0 aromatic rings. The maximum Gasteiger partial charge on any atom is 0.306 e. The molecule has 31 heavy (non-hydrogen) atoms. The van der Waals surface area contributed by atoms with Crippen LogP contribution in [0.5, 0.6) is 0 Å². The second-order valence-corrected chi connectivity index (χ2v) is 12.4. The number of carbonyl (C=O) groups is 2. The molecule has 0 amide bonds. The summed E-state index contributed by atoms with van der Waals surface area (Å²) in [5, 5.41) is 19.4. The van der Waals surface area contributed by atoms with Crippen LogP contribution in [0.4, 0.5) is 0 Å². The summed E-state index contributed by atoms with van der Waals surface area (Å²) in [6, 6.07) is 0. The van der Waals surface area contributed by atoms with Crippen molar-refractivity contribution in [3.05, 3.63) is 0 Å². The van der Waals surface area contributed by atoms with Crippen LogP contribution >= 0.6 is 0 Å². The van der Waals surface area contributed by atoms with Gasteiger partial charge in [-0.25, -0.2) is 0 Å². The lowest BCUT2D eigenvalue weighted by molar-refractivity contribution is -0.160. The number of carboxylic acids is 1. The monoisotopic (exact) mass is 432 g/mol. The van der Waals surface area contributed by atoms with Crippen molar-refractivity contribution in [1.29, 1.82) is 0 Å². The first kappa shape index (κ1) is 23.3. The highest BCUT2D eigenvalue weighted by Crippen LogP contribution is 2.67. The molecule has 10 atom stereocenters. The predicted octanol–water partition coefficient (Wildman–Crippen LogP) is 5.71. The normalized spacial score (nSPS) is 46.5. The maximum atomic E-state index is 13.5. The van der Waals surface area contributed by atoms with Gasteiger partial charge in [0, 0.05) is 12.3 Å². The van der Waals surface area contributed by atoms with Gasteiger partial charge in [0.15, 0.2) is 0 Å². The maximum absolute atomic E-state index is 13.5. The van der Waals surface area contributed by atoms with Crippen molar-refractivity contribution in [3.63, 3.8) is 0 Å². The molecule has 2 N–H and O–H groups in total. The van der Waals surface area contributed by atoms with Crippen molar-refractivity contribution in [3.8, 4) is 0 Å². The Kier molecular flexibility index (Phi) is 6.35. The summed E-state index contributed by atoms with van der Waals surface area (Å²) < 4.78 is 0. The molecule has 1 unspecified atom stereocenters. The molecule has 4 fully saturated rings. The van der Waals surface area contributed by atoms with E-state index in [4.69, 9.17) is 5.11 Å². The Morgan fingerprint density at radius 3 is 2.42 bits per heavy atom. The lowest BCUT2D eigenvalue weighted by atomic mass is 9.44. The molecule has 176 valence electrons. The van der Waals surface area contributed by atoms with Gasteiger partial charge in [0.05, 0.1) is 12.0 Å². The Balaban J connectivity index is 1.46. The average molecular weight is 433 g/mol.